The van der Waals surface area contributed by atoms with Crippen molar-refractivity contribution in [1.29, 1.82) is 0 Å². The van der Waals surface area contributed by atoms with Crippen LogP contribution in [0.2, 0.25) is 0 Å². The number of carbonyl (C=O) groups is 1. The van der Waals surface area contributed by atoms with E-state index in [4.69, 9.17) is 9.47 Å². The molecule has 28 heavy (non-hydrogen) atoms. The molecular weight excluding hydrogens is 382 g/mol. The van der Waals surface area contributed by atoms with Gasteiger partial charge in [-0.1, -0.05) is 12.1 Å². The predicted molar refractivity (Wildman–Crippen MR) is 108 cm³/mol. The number of aryl methyl sites for hydroxylation is 1. The van der Waals surface area contributed by atoms with E-state index in [9.17, 15) is 14.9 Å². The van der Waals surface area contributed by atoms with Crippen LogP contribution in [0.5, 0.6) is 11.5 Å². The highest BCUT2D eigenvalue weighted by molar-refractivity contribution is 8.18. The molecule has 2 aromatic carbocycles. The van der Waals surface area contributed by atoms with Crippen molar-refractivity contribution >= 4 is 40.3 Å². The Morgan fingerprint density at radius 2 is 1.89 bits per heavy atom. The summed E-state index contributed by atoms with van der Waals surface area (Å²) in [5, 5.41) is 14.5. The highest BCUT2D eigenvalue weighted by Gasteiger charge is 2.26. The Morgan fingerprint density at radius 3 is 2.54 bits per heavy atom. The second-order valence-corrected chi connectivity index (χ2v) is 6.87. The number of nitrogens with zero attached hydrogens (tertiary/aromatic N) is 2. The lowest BCUT2D eigenvalue weighted by molar-refractivity contribution is -0.385. The molecule has 1 fully saturated rings. The first-order valence-electron chi connectivity index (χ1n) is 8.18. The molecule has 3 rings (SSSR count). The number of amidine groups is 1. The Balaban J connectivity index is 1.97. The van der Waals surface area contributed by atoms with E-state index in [1.54, 1.807) is 0 Å². The quantitative estimate of drug-likeness (QED) is 0.466. The smallest absolute Gasteiger partial charge is 0.280 e. The second-order valence-electron chi connectivity index (χ2n) is 5.84. The lowest BCUT2D eigenvalue weighted by Crippen LogP contribution is -2.19. The van der Waals surface area contributed by atoms with Crippen LogP contribution in [0.1, 0.15) is 11.1 Å². The van der Waals surface area contributed by atoms with Gasteiger partial charge in [0.25, 0.3) is 11.6 Å². The average molecular weight is 399 g/mol. The Morgan fingerprint density at radius 1 is 1.18 bits per heavy atom. The fourth-order valence-corrected chi connectivity index (χ4v) is 3.43. The number of amides is 1. The summed E-state index contributed by atoms with van der Waals surface area (Å²) >= 11 is 1.11. The van der Waals surface area contributed by atoms with Crippen LogP contribution >= 0.6 is 11.8 Å². The Kier molecular flexibility index (Phi) is 5.65. The number of carbonyl (C=O) groups excluding carboxylic acids is 1. The maximum Gasteiger partial charge on any atom is 0.280 e. The Bertz CT molecular complexity index is 1020. The first-order valence-corrected chi connectivity index (χ1v) is 8.99. The van der Waals surface area contributed by atoms with Crippen molar-refractivity contribution in [3.05, 3.63) is 62.5 Å². The monoisotopic (exact) mass is 399 g/mol. The van der Waals surface area contributed by atoms with Crippen molar-refractivity contribution in [2.75, 3.05) is 14.2 Å². The highest BCUT2D eigenvalue weighted by Crippen LogP contribution is 2.37. The number of ether oxygens (including phenoxy) is 2. The van der Waals surface area contributed by atoms with Gasteiger partial charge in [0.2, 0.25) is 0 Å². The van der Waals surface area contributed by atoms with Crippen molar-refractivity contribution in [2.45, 2.75) is 6.92 Å². The standard InChI is InChI=1S/C19H17N3O5S/c1-11-5-4-6-13(7-11)20-19-21-18(23)17(28-19)9-12-8-15(26-2)16(27-3)10-14(12)22(24)25/h4-10H,1-3H3,(H,20,21,23)/b17-9-. The van der Waals surface area contributed by atoms with E-state index in [1.807, 2.05) is 31.2 Å². The maximum atomic E-state index is 12.3. The fraction of sp³-hybridized carbons (Fsp3) is 0.158. The van der Waals surface area contributed by atoms with Gasteiger partial charge in [-0.3, -0.25) is 14.9 Å². The van der Waals surface area contributed by atoms with Crippen LogP contribution < -0.4 is 14.8 Å². The second kappa shape index (κ2) is 8.13. The summed E-state index contributed by atoms with van der Waals surface area (Å²) in [6, 6.07) is 10.3. The summed E-state index contributed by atoms with van der Waals surface area (Å²) in [6.07, 6.45) is 1.44. The molecule has 8 nitrogen and oxygen atoms in total. The molecule has 0 aliphatic carbocycles. The zero-order valence-corrected chi connectivity index (χ0v) is 16.2. The minimum absolute atomic E-state index is 0.192. The van der Waals surface area contributed by atoms with Crippen molar-refractivity contribution in [1.82, 2.24) is 5.32 Å². The fourth-order valence-electron chi connectivity index (χ4n) is 2.59. The van der Waals surface area contributed by atoms with Crippen molar-refractivity contribution in [2.24, 2.45) is 4.99 Å². The first kappa shape index (κ1) is 19.4. The van der Waals surface area contributed by atoms with E-state index in [-0.39, 0.29) is 22.9 Å². The van der Waals surface area contributed by atoms with Crippen LogP contribution in [0.15, 0.2) is 46.3 Å². The Labute approximate surface area is 165 Å². The third-order valence-corrected chi connectivity index (χ3v) is 4.81. The molecule has 1 saturated heterocycles. The summed E-state index contributed by atoms with van der Waals surface area (Å²) in [6.45, 7) is 1.95. The predicted octanol–water partition coefficient (Wildman–Crippen LogP) is 3.81. The molecule has 0 radical (unpaired) electrons. The lowest BCUT2D eigenvalue weighted by atomic mass is 10.1. The van der Waals surface area contributed by atoms with Gasteiger partial charge in [-0.15, -0.1) is 0 Å². The van der Waals surface area contributed by atoms with Crippen molar-refractivity contribution in [3.8, 4) is 11.5 Å². The highest BCUT2D eigenvalue weighted by atomic mass is 32.2. The molecule has 1 aliphatic heterocycles. The molecule has 0 atom stereocenters. The number of rotatable bonds is 5. The molecule has 9 heteroatoms. The maximum absolute atomic E-state index is 12.3. The van der Waals surface area contributed by atoms with E-state index in [0.717, 1.165) is 17.3 Å². The number of methoxy groups -OCH3 is 2. The SMILES string of the molecule is COc1cc(/C=C2\SC(=Nc3cccc(C)c3)NC2=O)c([N+](=O)[O-])cc1OC. The van der Waals surface area contributed by atoms with Gasteiger partial charge in [0.05, 0.1) is 41.4 Å². The third-order valence-electron chi connectivity index (χ3n) is 3.90. The van der Waals surface area contributed by atoms with E-state index in [1.165, 1.54) is 32.4 Å². The normalized spacial score (nSPS) is 16.3. The van der Waals surface area contributed by atoms with Crippen LogP contribution in [-0.4, -0.2) is 30.2 Å². The molecule has 144 valence electrons. The van der Waals surface area contributed by atoms with Crippen molar-refractivity contribution < 1.29 is 19.2 Å². The minimum atomic E-state index is -0.534. The Hall–Kier alpha value is -3.33. The van der Waals surface area contributed by atoms with Gasteiger partial charge in [-0.05, 0) is 48.5 Å². The molecule has 0 aromatic heterocycles. The number of hydrogen-bond donors (Lipinski definition) is 1. The molecule has 1 N–H and O–H groups in total. The van der Waals surface area contributed by atoms with Crippen LogP contribution in [0.25, 0.3) is 6.08 Å². The van der Waals surface area contributed by atoms with Gasteiger partial charge in [0.15, 0.2) is 16.7 Å². The lowest BCUT2D eigenvalue weighted by Gasteiger charge is -2.08. The number of nitro benzene ring substituents is 1. The number of benzene rings is 2. The molecule has 1 heterocycles. The van der Waals surface area contributed by atoms with E-state index >= 15 is 0 Å². The van der Waals surface area contributed by atoms with Gasteiger partial charge in [-0.25, -0.2) is 4.99 Å². The zero-order valence-electron chi connectivity index (χ0n) is 15.4. The summed E-state index contributed by atoms with van der Waals surface area (Å²) < 4.78 is 10.3. The average Bonchev–Trinajstić information content (AvgIpc) is 2.99. The van der Waals surface area contributed by atoms with Crippen LogP contribution in [0.3, 0.4) is 0 Å². The summed E-state index contributed by atoms with van der Waals surface area (Å²) in [5.41, 5.74) is 1.80. The molecule has 0 bridgehead atoms. The van der Waals surface area contributed by atoms with Gasteiger partial charge in [0, 0.05) is 0 Å². The number of aliphatic imine (C=N–C) groups is 1. The molecule has 1 amide bonds. The number of nitrogens with one attached hydrogen (secondary N) is 1. The van der Waals surface area contributed by atoms with Gasteiger partial charge >= 0.3 is 0 Å². The van der Waals surface area contributed by atoms with Crippen LogP contribution in [0, 0.1) is 17.0 Å². The van der Waals surface area contributed by atoms with Crippen molar-refractivity contribution in [3.63, 3.8) is 0 Å². The molecule has 0 spiro atoms. The van der Waals surface area contributed by atoms with E-state index < -0.39 is 4.92 Å². The minimum Gasteiger partial charge on any atom is -0.493 e. The summed E-state index contributed by atoms with van der Waals surface area (Å²) in [5.74, 6) is 0.194. The number of thioether (sulfide) groups is 1. The molecule has 0 unspecified atom stereocenters. The summed E-state index contributed by atoms with van der Waals surface area (Å²) in [4.78, 5) is 27.9. The third kappa shape index (κ3) is 4.15. The molecule has 0 saturated carbocycles. The van der Waals surface area contributed by atoms with E-state index in [2.05, 4.69) is 10.3 Å². The first-order chi connectivity index (χ1) is 13.4. The van der Waals surface area contributed by atoms with Crippen LogP contribution in [-0.2, 0) is 4.79 Å². The largest absolute Gasteiger partial charge is 0.493 e. The van der Waals surface area contributed by atoms with Gasteiger partial charge in [0.1, 0.15) is 0 Å². The van der Waals surface area contributed by atoms with E-state index in [0.29, 0.717) is 21.5 Å². The topological polar surface area (TPSA) is 103 Å². The van der Waals surface area contributed by atoms with Gasteiger partial charge in [-0.2, -0.15) is 0 Å². The summed E-state index contributed by atoms with van der Waals surface area (Å²) in [7, 11) is 2.83. The number of hydrogen-bond acceptors (Lipinski definition) is 7. The molecular formula is C19H17N3O5S. The molecule has 1 aliphatic rings. The van der Waals surface area contributed by atoms with Gasteiger partial charge < -0.3 is 14.8 Å². The molecule has 2 aromatic rings. The van der Waals surface area contributed by atoms with Crippen LogP contribution in [0.4, 0.5) is 11.4 Å². The number of nitro groups is 1. The zero-order chi connectivity index (χ0) is 20.3.